The van der Waals surface area contributed by atoms with Gasteiger partial charge in [0.05, 0.1) is 21.7 Å². The lowest BCUT2D eigenvalue weighted by atomic mass is 10.2. The van der Waals surface area contributed by atoms with Crippen LogP contribution in [0.4, 0.5) is 4.39 Å². The van der Waals surface area contributed by atoms with Crippen LogP contribution in [0.1, 0.15) is 31.1 Å². The van der Waals surface area contributed by atoms with E-state index in [9.17, 15) is 17.6 Å². The molecule has 0 fully saturated rings. The number of hydrogen-bond acceptors (Lipinski definition) is 5. The van der Waals surface area contributed by atoms with Crippen molar-refractivity contribution in [2.75, 3.05) is 20.3 Å². The molecular formula is C22H26FN3O4S2. The van der Waals surface area contributed by atoms with Gasteiger partial charge in [-0.15, -0.1) is 0 Å². The molecule has 2 aromatic carbocycles. The van der Waals surface area contributed by atoms with E-state index >= 15 is 0 Å². The van der Waals surface area contributed by atoms with Gasteiger partial charge in [0.25, 0.3) is 5.91 Å². The molecule has 7 nitrogen and oxygen atoms in total. The van der Waals surface area contributed by atoms with E-state index in [2.05, 4.69) is 4.99 Å². The highest BCUT2D eigenvalue weighted by Gasteiger charge is 2.23. The quantitative estimate of drug-likeness (QED) is 0.462. The molecule has 0 spiro atoms. The Balaban J connectivity index is 1.98. The third kappa shape index (κ3) is 4.98. The number of nitrogens with zero attached hydrogens (tertiary/aromatic N) is 3. The third-order valence-electron chi connectivity index (χ3n) is 5.02. The Kier molecular flexibility index (Phi) is 7.60. The van der Waals surface area contributed by atoms with Gasteiger partial charge < -0.3 is 9.30 Å². The van der Waals surface area contributed by atoms with E-state index in [-0.39, 0.29) is 16.5 Å². The fourth-order valence-corrected chi connectivity index (χ4v) is 5.48. The van der Waals surface area contributed by atoms with Gasteiger partial charge in [0.15, 0.2) is 4.80 Å². The number of carbonyl (C=O) groups is 1. The van der Waals surface area contributed by atoms with E-state index in [1.165, 1.54) is 53.0 Å². The molecular weight excluding hydrogens is 453 g/mol. The highest BCUT2D eigenvalue weighted by molar-refractivity contribution is 7.89. The van der Waals surface area contributed by atoms with Crippen LogP contribution in [0.2, 0.25) is 0 Å². The number of rotatable bonds is 8. The van der Waals surface area contributed by atoms with Crippen molar-refractivity contribution in [1.29, 1.82) is 0 Å². The van der Waals surface area contributed by atoms with Gasteiger partial charge in [0, 0.05) is 31.8 Å². The number of carbonyl (C=O) groups excluding carboxylic acids is 1. The van der Waals surface area contributed by atoms with Crippen LogP contribution in [0, 0.1) is 5.82 Å². The molecule has 172 valence electrons. The molecule has 0 radical (unpaired) electrons. The number of para-hydroxylation sites is 1. The molecule has 3 aromatic rings. The SMILES string of the molecule is CCOCCn1c(=NC(=O)c2ccc(S(=O)(=O)N(C)C(C)C)cc2)sc2cccc(F)c21. The number of fused-ring (bicyclic) bond motifs is 1. The Morgan fingerprint density at radius 2 is 1.91 bits per heavy atom. The standard InChI is InChI=1S/C22H26FN3O4S2/c1-5-30-14-13-26-20-18(23)7-6-8-19(20)31-22(26)24-21(27)16-9-11-17(12-10-16)32(28,29)25(4)15(2)3/h6-12,15H,5,13-14H2,1-4H3. The monoisotopic (exact) mass is 479 g/mol. The van der Waals surface area contributed by atoms with Crippen LogP contribution in [0.5, 0.6) is 0 Å². The number of halogens is 1. The van der Waals surface area contributed by atoms with Crippen molar-refractivity contribution in [3.8, 4) is 0 Å². The number of amides is 1. The molecule has 0 N–H and O–H groups in total. The summed E-state index contributed by atoms with van der Waals surface area (Å²) >= 11 is 1.21. The summed E-state index contributed by atoms with van der Waals surface area (Å²) < 4.78 is 48.7. The largest absolute Gasteiger partial charge is 0.380 e. The zero-order chi connectivity index (χ0) is 23.5. The van der Waals surface area contributed by atoms with Crippen LogP contribution in [0.25, 0.3) is 10.2 Å². The summed E-state index contributed by atoms with van der Waals surface area (Å²) in [4.78, 5) is 17.5. The molecule has 3 rings (SSSR count). The minimum atomic E-state index is -3.65. The first-order valence-electron chi connectivity index (χ1n) is 10.2. The van der Waals surface area contributed by atoms with Gasteiger partial charge in [0.2, 0.25) is 10.0 Å². The van der Waals surface area contributed by atoms with Gasteiger partial charge in [-0.3, -0.25) is 4.79 Å². The van der Waals surface area contributed by atoms with Gasteiger partial charge >= 0.3 is 0 Å². The smallest absolute Gasteiger partial charge is 0.279 e. The number of thiazole rings is 1. The lowest BCUT2D eigenvalue weighted by Crippen LogP contribution is -2.33. The van der Waals surface area contributed by atoms with Crippen LogP contribution >= 0.6 is 11.3 Å². The van der Waals surface area contributed by atoms with Gasteiger partial charge in [0.1, 0.15) is 5.82 Å². The molecule has 0 saturated heterocycles. The lowest BCUT2D eigenvalue weighted by Gasteiger charge is -2.20. The summed E-state index contributed by atoms with van der Waals surface area (Å²) in [5.74, 6) is -0.934. The number of hydrogen-bond donors (Lipinski definition) is 0. The first-order chi connectivity index (χ1) is 15.2. The predicted molar refractivity (Wildman–Crippen MR) is 123 cm³/mol. The van der Waals surface area contributed by atoms with Gasteiger partial charge in [-0.25, -0.2) is 12.8 Å². The summed E-state index contributed by atoms with van der Waals surface area (Å²) in [5.41, 5.74) is 0.618. The maximum atomic E-state index is 14.5. The topological polar surface area (TPSA) is 81.0 Å². The second-order valence-corrected chi connectivity index (χ2v) is 10.4. The molecule has 10 heteroatoms. The van der Waals surface area contributed by atoms with Crippen LogP contribution in [-0.2, 0) is 21.3 Å². The summed E-state index contributed by atoms with van der Waals surface area (Å²) in [6.07, 6.45) is 0. The summed E-state index contributed by atoms with van der Waals surface area (Å²) in [6, 6.07) is 10.2. The number of benzene rings is 2. The lowest BCUT2D eigenvalue weighted by molar-refractivity contribution is 0.0996. The first-order valence-corrected chi connectivity index (χ1v) is 12.4. The second-order valence-electron chi connectivity index (χ2n) is 7.38. The van der Waals surface area contributed by atoms with E-state index in [4.69, 9.17) is 4.74 Å². The Bertz CT molecular complexity index is 1280. The molecule has 0 aliphatic carbocycles. The van der Waals surface area contributed by atoms with E-state index in [1.54, 1.807) is 30.5 Å². The average molecular weight is 480 g/mol. The average Bonchev–Trinajstić information content (AvgIpc) is 3.11. The van der Waals surface area contributed by atoms with Crippen molar-refractivity contribution in [2.45, 2.75) is 38.3 Å². The zero-order valence-electron chi connectivity index (χ0n) is 18.4. The second kappa shape index (κ2) is 10.0. The van der Waals surface area contributed by atoms with Gasteiger partial charge in [-0.2, -0.15) is 9.30 Å². The predicted octanol–water partition coefficient (Wildman–Crippen LogP) is 3.65. The maximum Gasteiger partial charge on any atom is 0.279 e. The zero-order valence-corrected chi connectivity index (χ0v) is 20.0. The molecule has 32 heavy (non-hydrogen) atoms. The van der Waals surface area contributed by atoms with Gasteiger partial charge in [-0.1, -0.05) is 17.4 Å². The van der Waals surface area contributed by atoms with Crippen molar-refractivity contribution in [3.63, 3.8) is 0 Å². The Labute approximate surface area is 190 Å². The Hall–Kier alpha value is -2.40. The molecule has 0 atom stereocenters. The van der Waals surface area contributed by atoms with E-state index in [0.29, 0.717) is 34.8 Å². The maximum absolute atomic E-state index is 14.5. The van der Waals surface area contributed by atoms with Crippen LogP contribution < -0.4 is 4.80 Å². The van der Waals surface area contributed by atoms with Crippen molar-refractivity contribution in [3.05, 3.63) is 58.6 Å². The minimum Gasteiger partial charge on any atom is -0.380 e. The normalized spacial score (nSPS) is 12.9. The van der Waals surface area contributed by atoms with Crippen LogP contribution in [0.15, 0.2) is 52.4 Å². The van der Waals surface area contributed by atoms with E-state index < -0.39 is 21.7 Å². The molecule has 1 amide bonds. The van der Waals surface area contributed by atoms with Crippen LogP contribution in [-0.4, -0.2) is 49.5 Å². The highest BCUT2D eigenvalue weighted by Crippen LogP contribution is 2.21. The Morgan fingerprint density at radius 3 is 2.53 bits per heavy atom. The van der Waals surface area contributed by atoms with Crippen molar-refractivity contribution in [2.24, 2.45) is 4.99 Å². The molecule has 1 aromatic heterocycles. The van der Waals surface area contributed by atoms with Crippen LogP contribution in [0.3, 0.4) is 0 Å². The number of aromatic nitrogens is 1. The summed E-state index contributed by atoms with van der Waals surface area (Å²) in [5, 5.41) is 0. The number of sulfonamides is 1. The van der Waals surface area contributed by atoms with Crippen molar-refractivity contribution < 1.29 is 22.3 Å². The molecule has 1 heterocycles. The molecule has 0 unspecified atom stereocenters. The molecule has 0 bridgehead atoms. The molecule has 0 saturated carbocycles. The van der Waals surface area contributed by atoms with E-state index in [1.807, 2.05) is 6.92 Å². The number of ether oxygens (including phenoxy) is 1. The molecule has 0 aliphatic rings. The fourth-order valence-electron chi connectivity index (χ4n) is 3.04. The van der Waals surface area contributed by atoms with Gasteiger partial charge in [-0.05, 0) is 57.2 Å². The molecule has 0 aliphatic heterocycles. The van der Waals surface area contributed by atoms with Crippen molar-refractivity contribution in [1.82, 2.24) is 8.87 Å². The third-order valence-corrected chi connectivity index (χ3v) is 8.11. The highest BCUT2D eigenvalue weighted by atomic mass is 32.2. The van der Waals surface area contributed by atoms with E-state index in [0.717, 1.165) is 0 Å². The first kappa shape index (κ1) is 24.2. The minimum absolute atomic E-state index is 0.0981. The summed E-state index contributed by atoms with van der Waals surface area (Å²) in [7, 11) is -2.14. The Morgan fingerprint density at radius 1 is 1.22 bits per heavy atom. The fraction of sp³-hybridized carbons (Fsp3) is 0.364. The summed E-state index contributed by atoms with van der Waals surface area (Å²) in [6.45, 7) is 6.66. The van der Waals surface area contributed by atoms with Crippen molar-refractivity contribution >= 4 is 37.5 Å².